The van der Waals surface area contributed by atoms with Crippen molar-refractivity contribution in [2.45, 2.75) is 13.8 Å². The van der Waals surface area contributed by atoms with Gasteiger partial charge in [0.25, 0.3) is 0 Å². The average Bonchev–Trinajstić information content (AvgIpc) is 2.92. The van der Waals surface area contributed by atoms with E-state index in [1.54, 1.807) is 30.3 Å². The van der Waals surface area contributed by atoms with Crippen LogP contribution in [0.1, 0.15) is 45.9 Å². The number of furan rings is 1. The van der Waals surface area contributed by atoms with Crippen molar-refractivity contribution < 1.29 is 14.0 Å². The molecule has 0 atom stereocenters. The Labute approximate surface area is 117 Å². The highest BCUT2D eigenvalue weighted by Crippen LogP contribution is 2.32. The molecule has 0 fully saturated rings. The van der Waals surface area contributed by atoms with E-state index in [1.165, 1.54) is 0 Å². The SMILES string of the molecule is CCN(CC)c1cc2c(o1)C(=O)c1ccccc1C2=O. The maximum Gasteiger partial charge on any atom is 0.229 e. The van der Waals surface area contributed by atoms with Gasteiger partial charge in [-0.1, -0.05) is 24.3 Å². The molecule has 0 bridgehead atoms. The zero-order valence-corrected chi connectivity index (χ0v) is 11.5. The second-order valence-electron chi connectivity index (χ2n) is 4.70. The van der Waals surface area contributed by atoms with Crippen LogP contribution in [0.5, 0.6) is 0 Å². The van der Waals surface area contributed by atoms with Crippen LogP contribution in [0, 0.1) is 0 Å². The first-order valence-electron chi connectivity index (χ1n) is 6.74. The van der Waals surface area contributed by atoms with Gasteiger partial charge in [-0.05, 0) is 13.8 Å². The zero-order chi connectivity index (χ0) is 14.3. The lowest BCUT2D eigenvalue weighted by molar-refractivity contribution is 0.0960. The van der Waals surface area contributed by atoms with Gasteiger partial charge in [0.2, 0.25) is 5.78 Å². The van der Waals surface area contributed by atoms with Crippen LogP contribution in [0.3, 0.4) is 0 Å². The molecule has 0 N–H and O–H groups in total. The Hall–Kier alpha value is -2.36. The van der Waals surface area contributed by atoms with Crippen LogP contribution in [0.4, 0.5) is 5.88 Å². The van der Waals surface area contributed by atoms with Crippen LogP contribution in [-0.2, 0) is 0 Å². The van der Waals surface area contributed by atoms with Crippen LogP contribution in [0.15, 0.2) is 34.7 Å². The first-order chi connectivity index (χ1) is 9.67. The van der Waals surface area contributed by atoms with Crippen LogP contribution in [-0.4, -0.2) is 24.7 Å². The zero-order valence-electron chi connectivity index (χ0n) is 11.5. The van der Waals surface area contributed by atoms with Crippen molar-refractivity contribution in [2.75, 3.05) is 18.0 Å². The van der Waals surface area contributed by atoms with Crippen LogP contribution in [0.2, 0.25) is 0 Å². The Morgan fingerprint density at radius 1 is 0.950 bits per heavy atom. The maximum absolute atomic E-state index is 12.4. The number of carbonyl (C=O) groups is 2. The van der Waals surface area contributed by atoms with Gasteiger partial charge in [0, 0.05) is 30.3 Å². The maximum atomic E-state index is 12.4. The summed E-state index contributed by atoms with van der Waals surface area (Å²) in [4.78, 5) is 26.8. The van der Waals surface area contributed by atoms with Gasteiger partial charge in [0.15, 0.2) is 17.4 Å². The Bertz CT molecular complexity index is 643. The summed E-state index contributed by atoms with van der Waals surface area (Å²) in [6, 6.07) is 8.54. The van der Waals surface area contributed by atoms with E-state index in [9.17, 15) is 9.59 Å². The molecule has 0 radical (unpaired) electrons. The van der Waals surface area contributed by atoms with Gasteiger partial charge in [0.05, 0.1) is 5.56 Å². The van der Waals surface area contributed by atoms with Gasteiger partial charge < -0.3 is 9.32 Å². The molecule has 1 aromatic carbocycles. The first kappa shape index (κ1) is 12.7. The topological polar surface area (TPSA) is 50.5 Å². The monoisotopic (exact) mass is 269 g/mol. The van der Waals surface area contributed by atoms with Gasteiger partial charge in [-0.3, -0.25) is 9.59 Å². The highest BCUT2D eigenvalue weighted by molar-refractivity contribution is 6.27. The highest BCUT2D eigenvalue weighted by atomic mass is 16.4. The normalized spacial score (nSPS) is 13.1. The molecule has 1 aliphatic carbocycles. The molecule has 1 aromatic heterocycles. The van der Waals surface area contributed by atoms with Crippen molar-refractivity contribution in [3.8, 4) is 0 Å². The number of ketones is 2. The van der Waals surface area contributed by atoms with E-state index in [0.29, 0.717) is 22.6 Å². The summed E-state index contributed by atoms with van der Waals surface area (Å²) >= 11 is 0. The smallest absolute Gasteiger partial charge is 0.229 e. The summed E-state index contributed by atoms with van der Waals surface area (Å²) in [6.07, 6.45) is 0. The molecule has 0 amide bonds. The number of carbonyl (C=O) groups excluding carboxylic acids is 2. The lowest BCUT2D eigenvalue weighted by Gasteiger charge is -2.16. The van der Waals surface area contributed by atoms with E-state index in [4.69, 9.17) is 4.42 Å². The predicted octanol–water partition coefficient (Wildman–Crippen LogP) is 2.90. The van der Waals surface area contributed by atoms with Crippen LogP contribution >= 0.6 is 0 Å². The molecule has 3 rings (SSSR count). The number of hydrogen-bond donors (Lipinski definition) is 0. The molecular weight excluding hydrogens is 254 g/mol. The molecule has 1 aliphatic rings. The van der Waals surface area contributed by atoms with E-state index in [0.717, 1.165) is 13.1 Å². The predicted molar refractivity (Wildman–Crippen MR) is 75.6 cm³/mol. The summed E-state index contributed by atoms with van der Waals surface area (Å²) in [5, 5.41) is 0. The Balaban J connectivity index is 2.14. The van der Waals surface area contributed by atoms with Gasteiger partial charge in [-0.2, -0.15) is 0 Å². The third kappa shape index (κ3) is 1.68. The minimum absolute atomic E-state index is 0.141. The van der Waals surface area contributed by atoms with Gasteiger partial charge in [-0.25, -0.2) is 0 Å². The molecule has 1 heterocycles. The van der Waals surface area contributed by atoms with E-state index in [1.807, 2.05) is 18.7 Å². The van der Waals surface area contributed by atoms with Crippen molar-refractivity contribution in [3.05, 3.63) is 52.8 Å². The van der Waals surface area contributed by atoms with Gasteiger partial charge in [-0.15, -0.1) is 0 Å². The van der Waals surface area contributed by atoms with E-state index >= 15 is 0 Å². The minimum Gasteiger partial charge on any atom is -0.436 e. The summed E-state index contributed by atoms with van der Waals surface area (Å²) in [5.74, 6) is 0.385. The molecule has 0 saturated heterocycles. The minimum atomic E-state index is -0.214. The van der Waals surface area contributed by atoms with E-state index in [-0.39, 0.29) is 17.3 Å². The van der Waals surface area contributed by atoms with E-state index < -0.39 is 0 Å². The number of anilines is 1. The van der Waals surface area contributed by atoms with Crippen molar-refractivity contribution in [1.82, 2.24) is 0 Å². The first-order valence-corrected chi connectivity index (χ1v) is 6.74. The standard InChI is InChI=1S/C16H15NO3/c1-3-17(4-2)13-9-12-14(18)10-7-5-6-8-11(10)15(19)16(12)20-13/h5-9H,3-4H2,1-2H3. The van der Waals surface area contributed by atoms with Crippen molar-refractivity contribution >= 4 is 17.5 Å². The Kier molecular flexibility index (Phi) is 2.93. The Morgan fingerprint density at radius 2 is 1.55 bits per heavy atom. The van der Waals surface area contributed by atoms with Gasteiger partial charge >= 0.3 is 0 Å². The number of fused-ring (bicyclic) bond motifs is 2. The van der Waals surface area contributed by atoms with Gasteiger partial charge in [0.1, 0.15) is 0 Å². The number of rotatable bonds is 3. The fraction of sp³-hybridized carbons (Fsp3) is 0.250. The highest BCUT2D eigenvalue weighted by Gasteiger charge is 2.33. The molecular formula is C16H15NO3. The quantitative estimate of drug-likeness (QED) is 0.733. The molecule has 102 valence electrons. The molecule has 0 unspecified atom stereocenters. The lowest BCUT2D eigenvalue weighted by atomic mass is 9.89. The average molecular weight is 269 g/mol. The molecule has 0 spiro atoms. The van der Waals surface area contributed by atoms with E-state index in [2.05, 4.69) is 0 Å². The molecule has 4 heteroatoms. The fourth-order valence-electron chi connectivity index (χ4n) is 2.55. The molecule has 4 nitrogen and oxygen atoms in total. The third-order valence-corrected chi connectivity index (χ3v) is 3.66. The third-order valence-electron chi connectivity index (χ3n) is 3.66. The van der Waals surface area contributed by atoms with Crippen molar-refractivity contribution in [2.24, 2.45) is 0 Å². The Morgan fingerprint density at radius 3 is 2.15 bits per heavy atom. The summed E-state index contributed by atoms with van der Waals surface area (Å²) in [6.45, 7) is 5.53. The molecule has 0 aliphatic heterocycles. The molecule has 2 aromatic rings. The lowest BCUT2D eigenvalue weighted by Crippen LogP contribution is -2.21. The van der Waals surface area contributed by atoms with Crippen LogP contribution < -0.4 is 4.90 Å². The fourth-order valence-corrected chi connectivity index (χ4v) is 2.55. The molecule has 0 saturated carbocycles. The number of benzene rings is 1. The van der Waals surface area contributed by atoms with Crippen molar-refractivity contribution in [3.63, 3.8) is 0 Å². The van der Waals surface area contributed by atoms with Crippen LogP contribution in [0.25, 0.3) is 0 Å². The summed E-state index contributed by atoms with van der Waals surface area (Å²) < 4.78 is 5.65. The number of hydrogen-bond acceptors (Lipinski definition) is 4. The summed E-state index contributed by atoms with van der Waals surface area (Å²) in [7, 11) is 0. The summed E-state index contributed by atoms with van der Waals surface area (Å²) in [5.41, 5.74) is 1.25. The second-order valence-corrected chi connectivity index (χ2v) is 4.70. The van der Waals surface area contributed by atoms with Crippen molar-refractivity contribution in [1.29, 1.82) is 0 Å². The largest absolute Gasteiger partial charge is 0.436 e. The number of nitrogens with zero attached hydrogens (tertiary/aromatic N) is 1. The molecule has 20 heavy (non-hydrogen) atoms. The second kappa shape index (κ2) is 4.63.